The quantitative estimate of drug-likeness (QED) is 0.812. The van der Waals surface area contributed by atoms with Gasteiger partial charge in [0.2, 0.25) is 11.8 Å². The maximum Gasteiger partial charge on any atom is 0.245 e. The fraction of sp³-hybridized carbons (Fsp3) is 0.875. The Balaban J connectivity index is 1.87. The van der Waals surface area contributed by atoms with Crippen molar-refractivity contribution in [2.45, 2.75) is 64.5 Å². The van der Waals surface area contributed by atoms with Crippen LogP contribution in [0, 0.1) is 5.92 Å². The molecule has 2 aliphatic heterocycles. The van der Waals surface area contributed by atoms with Gasteiger partial charge in [0, 0.05) is 26.1 Å². The van der Waals surface area contributed by atoms with E-state index in [4.69, 9.17) is 4.74 Å². The Kier molecular flexibility index (Phi) is 6.03. The third-order valence-corrected chi connectivity index (χ3v) is 4.69. The largest absolute Gasteiger partial charge is 0.378 e. The normalized spacial score (nSPS) is 28.4. The van der Waals surface area contributed by atoms with Crippen molar-refractivity contribution < 1.29 is 14.3 Å². The van der Waals surface area contributed by atoms with Gasteiger partial charge in [-0.2, -0.15) is 0 Å². The maximum absolute atomic E-state index is 12.6. The van der Waals surface area contributed by atoms with Crippen LogP contribution in [0.25, 0.3) is 0 Å². The van der Waals surface area contributed by atoms with Crippen LogP contribution < -0.4 is 5.32 Å². The molecule has 2 saturated heterocycles. The average molecular weight is 296 g/mol. The van der Waals surface area contributed by atoms with E-state index in [1.54, 1.807) is 0 Å². The summed E-state index contributed by atoms with van der Waals surface area (Å²) in [6.07, 6.45) is 5.94. The summed E-state index contributed by atoms with van der Waals surface area (Å²) in [6.45, 7) is 6.24. The van der Waals surface area contributed by atoms with Gasteiger partial charge in [-0.25, -0.2) is 0 Å². The van der Waals surface area contributed by atoms with E-state index in [1.165, 1.54) is 0 Å². The summed E-state index contributed by atoms with van der Waals surface area (Å²) in [5, 5.41) is 2.89. The van der Waals surface area contributed by atoms with Gasteiger partial charge in [-0.3, -0.25) is 9.59 Å². The third-order valence-electron chi connectivity index (χ3n) is 4.69. The lowest BCUT2D eigenvalue weighted by molar-refractivity contribution is -0.135. The van der Waals surface area contributed by atoms with E-state index in [2.05, 4.69) is 12.2 Å². The van der Waals surface area contributed by atoms with Crippen molar-refractivity contribution in [2.24, 2.45) is 5.92 Å². The van der Waals surface area contributed by atoms with Crippen molar-refractivity contribution >= 4 is 11.8 Å². The molecule has 1 N–H and O–H groups in total. The molecule has 0 saturated carbocycles. The van der Waals surface area contributed by atoms with Crippen LogP contribution in [0.4, 0.5) is 0 Å². The molecule has 0 spiro atoms. The molecule has 0 aromatic rings. The molecule has 21 heavy (non-hydrogen) atoms. The minimum Gasteiger partial charge on any atom is -0.378 e. The van der Waals surface area contributed by atoms with Crippen LogP contribution in [-0.4, -0.2) is 48.6 Å². The molecule has 120 valence electrons. The van der Waals surface area contributed by atoms with E-state index in [-0.39, 0.29) is 23.8 Å². The average Bonchev–Trinajstić information content (AvgIpc) is 2.95. The summed E-state index contributed by atoms with van der Waals surface area (Å²) in [6, 6.07) is -0.354. The lowest BCUT2D eigenvalue weighted by Crippen LogP contribution is -2.48. The number of carbonyl (C=O) groups excluding carboxylic acids is 2. The molecule has 2 rings (SSSR count). The van der Waals surface area contributed by atoms with Crippen molar-refractivity contribution in [3.8, 4) is 0 Å². The van der Waals surface area contributed by atoms with Crippen LogP contribution in [0.5, 0.6) is 0 Å². The number of nitrogens with one attached hydrogen (secondary N) is 1. The van der Waals surface area contributed by atoms with E-state index in [0.717, 1.165) is 45.3 Å². The highest BCUT2D eigenvalue weighted by atomic mass is 16.5. The van der Waals surface area contributed by atoms with Crippen molar-refractivity contribution in [3.05, 3.63) is 0 Å². The molecule has 0 aromatic carbocycles. The summed E-state index contributed by atoms with van der Waals surface area (Å²) >= 11 is 0. The van der Waals surface area contributed by atoms with Crippen molar-refractivity contribution in [3.63, 3.8) is 0 Å². The number of ether oxygens (including phenoxy) is 1. The van der Waals surface area contributed by atoms with Crippen molar-refractivity contribution in [2.75, 3.05) is 19.7 Å². The molecule has 2 heterocycles. The van der Waals surface area contributed by atoms with E-state index >= 15 is 0 Å². The Hall–Kier alpha value is -1.10. The number of carbonyl (C=O) groups is 2. The van der Waals surface area contributed by atoms with Gasteiger partial charge >= 0.3 is 0 Å². The second-order valence-corrected chi connectivity index (χ2v) is 6.28. The van der Waals surface area contributed by atoms with Gasteiger partial charge in [-0.1, -0.05) is 20.3 Å². The van der Waals surface area contributed by atoms with Gasteiger partial charge in [-0.05, 0) is 31.6 Å². The predicted octanol–water partition coefficient (Wildman–Crippen LogP) is 1.71. The Bertz CT molecular complexity index is 367. The first-order valence-corrected chi connectivity index (χ1v) is 8.31. The zero-order chi connectivity index (χ0) is 15.2. The zero-order valence-corrected chi connectivity index (χ0v) is 13.3. The Morgan fingerprint density at radius 1 is 1.43 bits per heavy atom. The molecule has 5 nitrogen and oxygen atoms in total. The number of hydrogen-bond acceptors (Lipinski definition) is 3. The maximum atomic E-state index is 12.6. The number of hydrogen-bond donors (Lipinski definition) is 1. The molecule has 0 bridgehead atoms. The molecular formula is C16H28N2O3. The molecule has 0 aliphatic carbocycles. The van der Waals surface area contributed by atoms with Gasteiger partial charge < -0.3 is 15.0 Å². The Morgan fingerprint density at radius 3 is 2.90 bits per heavy atom. The standard InChI is InChI=1S/C16H28N2O3/c1-3-12(2)15-16(20)18(10-8-14(19)17-15)9-4-6-13-7-5-11-21-13/h12-13,15H,3-11H2,1-2H3,(H,17,19). The lowest BCUT2D eigenvalue weighted by atomic mass is 9.98. The molecule has 2 aliphatic rings. The van der Waals surface area contributed by atoms with Crippen LogP contribution in [0.3, 0.4) is 0 Å². The summed E-state index contributed by atoms with van der Waals surface area (Å²) in [5.41, 5.74) is 0. The molecule has 2 amide bonds. The van der Waals surface area contributed by atoms with Crippen LogP contribution >= 0.6 is 0 Å². The van der Waals surface area contributed by atoms with Crippen LogP contribution in [0.15, 0.2) is 0 Å². The highest BCUT2D eigenvalue weighted by molar-refractivity contribution is 5.90. The molecular weight excluding hydrogens is 268 g/mol. The topological polar surface area (TPSA) is 58.6 Å². The second kappa shape index (κ2) is 7.78. The first kappa shape index (κ1) is 16.3. The zero-order valence-electron chi connectivity index (χ0n) is 13.3. The molecule has 5 heteroatoms. The number of nitrogens with zero attached hydrogens (tertiary/aromatic N) is 1. The predicted molar refractivity (Wildman–Crippen MR) is 80.8 cm³/mol. The minimum absolute atomic E-state index is 0.00437. The van der Waals surface area contributed by atoms with Crippen molar-refractivity contribution in [1.29, 1.82) is 0 Å². The Labute approximate surface area is 127 Å². The van der Waals surface area contributed by atoms with Crippen molar-refractivity contribution in [1.82, 2.24) is 10.2 Å². The number of rotatable bonds is 6. The SMILES string of the molecule is CCC(C)C1NC(=O)CCN(CCCC2CCCO2)C1=O. The van der Waals surface area contributed by atoms with E-state index in [1.807, 2.05) is 11.8 Å². The van der Waals surface area contributed by atoms with Crippen LogP contribution in [0.1, 0.15) is 52.4 Å². The fourth-order valence-corrected chi connectivity index (χ4v) is 3.08. The second-order valence-electron chi connectivity index (χ2n) is 6.28. The molecule has 3 unspecified atom stereocenters. The van der Waals surface area contributed by atoms with E-state index in [9.17, 15) is 9.59 Å². The van der Waals surface area contributed by atoms with Gasteiger partial charge in [-0.15, -0.1) is 0 Å². The fourth-order valence-electron chi connectivity index (χ4n) is 3.08. The van der Waals surface area contributed by atoms with Crippen LogP contribution in [-0.2, 0) is 14.3 Å². The summed E-state index contributed by atoms with van der Waals surface area (Å²) in [7, 11) is 0. The first-order valence-electron chi connectivity index (χ1n) is 8.31. The van der Waals surface area contributed by atoms with Gasteiger partial charge in [0.1, 0.15) is 6.04 Å². The molecule has 0 aromatic heterocycles. The molecule has 3 atom stereocenters. The van der Waals surface area contributed by atoms with Gasteiger partial charge in [0.25, 0.3) is 0 Å². The summed E-state index contributed by atoms with van der Waals surface area (Å²) in [4.78, 5) is 26.2. The smallest absolute Gasteiger partial charge is 0.245 e. The highest BCUT2D eigenvalue weighted by Gasteiger charge is 2.32. The lowest BCUT2D eigenvalue weighted by Gasteiger charge is -2.27. The molecule has 2 fully saturated rings. The van der Waals surface area contributed by atoms with E-state index in [0.29, 0.717) is 19.1 Å². The summed E-state index contributed by atoms with van der Waals surface area (Å²) in [5.74, 6) is 0.262. The minimum atomic E-state index is -0.354. The Morgan fingerprint density at radius 2 is 2.24 bits per heavy atom. The van der Waals surface area contributed by atoms with Gasteiger partial charge in [0.15, 0.2) is 0 Å². The highest BCUT2D eigenvalue weighted by Crippen LogP contribution is 2.18. The molecule has 0 radical (unpaired) electrons. The van der Waals surface area contributed by atoms with Crippen LogP contribution in [0.2, 0.25) is 0 Å². The van der Waals surface area contributed by atoms with E-state index < -0.39 is 0 Å². The third kappa shape index (κ3) is 4.43. The first-order chi connectivity index (χ1) is 10.1. The number of amides is 2. The van der Waals surface area contributed by atoms with Gasteiger partial charge in [0.05, 0.1) is 6.10 Å². The summed E-state index contributed by atoms with van der Waals surface area (Å²) < 4.78 is 5.62. The monoisotopic (exact) mass is 296 g/mol.